The number of hydrogen-bond acceptors (Lipinski definition) is 2. The van der Waals surface area contributed by atoms with Crippen molar-refractivity contribution in [3.05, 3.63) is 0 Å². The molecule has 0 aromatic rings. The van der Waals surface area contributed by atoms with E-state index in [0.717, 1.165) is 19.5 Å². The third kappa shape index (κ3) is 7.22. The summed E-state index contributed by atoms with van der Waals surface area (Å²) in [5, 5.41) is 6.46. The second-order valence-corrected chi connectivity index (χ2v) is 5.22. The van der Waals surface area contributed by atoms with E-state index < -0.39 is 0 Å². The molecule has 1 aliphatic heterocycles. The summed E-state index contributed by atoms with van der Waals surface area (Å²) >= 11 is 0. The number of unbranched alkanes of at least 4 members (excludes halogenated alkanes) is 1. The van der Waals surface area contributed by atoms with Gasteiger partial charge in [0.2, 0.25) is 5.91 Å². The Balaban J connectivity index is 0.00000289. The van der Waals surface area contributed by atoms with Crippen molar-refractivity contribution < 1.29 is 4.79 Å². The lowest BCUT2D eigenvalue weighted by Crippen LogP contribution is -2.37. The van der Waals surface area contributed by atoms with E-state index in [1.54, 1.807) is 0 Å². The van der Waals surface area contributed by atoms with Crippen LogP contribution >= 0.6 is 12.4 Å². The number of hydrogen-bond donors (Lipinski definition) is 2. The van der Waals surface area contributed by atoms with Crippen molar-refractivity contribution in [1.82, 2.24) is 10.6 Å². The van der Waals surface area contributed by atoms with Crippen molar-refractivity contribution in [3.8, 4) is 0 Å². The number of rotatable bonds is 8. The van der Waals surface area contributed by atoms with Gasteiger partial charge in [-0.3, -0.25) is 4.79 Å². The molecule has 0 bridgehead atoms. The molecule has 0 spiro atoms. The van der Waals surface area contributed by atoms with E-state index in [1.165, 1.54) is 32.1 Å². The van der Waals surface area contributed by atoms with Crippen LogP contribution < -0.4 is 10.6 Å². The first-order chi connectivity index (χ1) is 8.26. The SMILES string of the molecule is CCCCC(CC)CC(=O)NCC1CCCN1.Cl. The van der Waals surface area contributed by atoms with Crippen LogP contribution in [0.5, 0.6) is 0 Å². The Morgan fingerprint density at radius 2 is 2.22 bits per heavy atom. The van der Waals surface area contributed by atoms with Gasteiger partial charge in [0, 0.05) is 19.0 Å². The Morgan fingerprint density at radius 3 is 2.78 bits per heavy atom. The summed E-state index contributed by atoms with van der Waals surface area (Å²) in [4.78, 5) is 11.8. The van der Waals surface area contributed by atoms with E-state index in [2.05, 4.69) is 24.5 Å². The summed E-state index contributed by atoms with van der Waals surface area (Å²) in [7, 11) is 0. The van der Waals surface area contributed by atoms with Gasteiger partial charge in [-0.1, -0.05) is 33.1 Å². The van der Waals surface area contributed by atoms with Gasteiger partial charge in [0.15, 0.2) is 0 Å². The van der Waals surface area contributed by atoms with Gasteiger partial charge in [0.25, 0.3) is 0 Å². The Hall–Kier alpha value is -0.280. The van der Waals surface area contributed by atoms with Gasteiger partial charge in [0.05, 0.1) is 0 Å². The van der Waals surface area contributed by atoms with Crippen molar-refractivity contribution in [1.29, 1.82) is 0 Å². The zero-order chi connectivity index (χ0) is 12.5. The van der Waals surface area contributed by atoms with E-state index in [4.69, 9.17) is 0 Å². The summed E-state index contributed by atoms with van der Waals surface area (Å²) in [5.41, 5.74) is 0. The van der Waals surface area contributed by atoms with Gasteiger partial charge in [-0.2, -0.15) is 0 Å². The first-order valence-electron chi connectivity index (χ1n) is 7.26. The lowest BCUT2D eigenvalue weighted by Gasteiger charge is -2.16. The third-order valence-electron chi connectivity index (χ3n) is 3.73. The molecule has 4 heteroatoms. The Labute approximate surface area is 118 Å². The second kappa shape index (κ2) is 10.6. The van der Waals surface area contributed by atoms with Crippen molar-refractivity contribution in [2.24, 2.45) is 5.92 Å². The smallest absolute Gasteiger partial charge is 0.220 e. The molecule has 18 heavy (non-hydrogen) atoms. The lowest BCUT2D eigenvalue weighted by molar-refractivity contribution is -0.122. The Morgan fingerprint density at radius 1 is 1.44 bits per heavy atom. The molecule has 1 heterocycles. The molecule has 1 saturated heterocycles. The van der Waals surface area contributed by atoms with Gasteiger partial charge in [-0.15, -0.1) is 12.4 Å². The zero-order valence-electron chi connectivity index (χ0n) is 11.8. The van der Waals surface area contributed by atoms with Crippen LogP contribution in [0.15, 0.2) is 0 Å². The molecule has 0 aliphatic carbocycles. The molecule has 108 valence electrons. The maximum Gasteiger partial charge on any atom is 0.220 e. The highest BCUT2D eigenvalue weighted by Crippen LogP contribution is 2.16. The van der Waals surface area contributed by atoms with Crippen LogP contribution in [0.25, 0.3) is 0 Å². The molecule has 0 radical (unpaired) electrons. The third-order valence-corrected chi connectivity index (χ3v) is 3.73. The highest BCUT2D eigenvalue weighted by Gasteiger charge is 2.16. The molecule has 2 atom stereocenters. The van der Waals surface area contributed by atoms with E-state index in [9.17, 15) is 4.79 Å². The predicted molar refractivity (Wildman–Crippen MR) is 79.2 cm³/mol. The lowest BCUT2D eigenvalue weighted by atomic mass is 9.95. The summed E-state index contributed by atoms with van der Waals surface area (Å²) < 4.78 is 0. The van der Waals surface area contributed by atoms with Crippen LogP contribution in [-0.4, -0.2) is 25.0 Å². The monoisotopic (exact) mass is 276 g/mol. The molecular weight excluding hydrogens is 248 g/mol. The molecule has 1 rings (SSSR count). The van der Waals surface area contributed by atoms with Crippen molar-refractivity contribution in [3.63, 3.8) is 0 Å². The summed E-state index contributed by atoms with van der Waals surface area (Å²) in [6.07, 6.45) is 7.95. The fourth-order valence-corrected chi connectivity index (χ4v) is 2.45. The van der Waals surface area contributed by atoms with E-state index >= 15 is 0 Å². The second-order valence-electron chi connectivity index (χ2n) is 5.22. The maximum absolute atomic E-state index is 11.8. The van der Waals surface area contributed by atoms with Crippen molar-refractivity contribution >= 4 is 18.3 Å². The topological polar surface area (TPSA) is 41.1 Å². The van der Waals surface area contributed by atoms with Crippen molar-refractivity contribution in [2.75, 3.05) is 13.1 Å². The minimum atomic E-state index is 0. The van der Waals surface area contributed by atoms with E-state index in [-0.39, 0.29) is 18.3 Å². The molecule has 2 N–H and O–H groups in total. The van der Waals surface area contributed by atoms with Crippen LogP contribution in [0, 0.1) is 5.92 Å². The first-order valence-corrected chi connectivity index (χ1v) is 7.26. The number of nitrogens with one attached hydrogen (secondary N) is 2. The average molecular weight is 277 g/mol. The predicted octanol–water partition coefficient (Wildman–Crippen LogP) is 2.88. The molecule has 0 saturated carbocycles. The van der Waals surface area contributed by atoms with Crippen LogP contribution in [-0.2, 0) is 4.79 Å². The van der Waals surface area contributed by atoms with Gasteiger partial charge in [0.1, 0.15) is 0 Å². The molecule has 0 aromatic heterocycles. The fourth-order valence-electron chi connectivity index (χ4n) is 2.45. The number of carbonyl (C=O) groups is 1. The summed E-state index contributed by atoms with van der Waals surface area (Å²) in [6.45, 7) is 6.31. The quantitative estimate of drug-likeness (QED) is 0.716. The summed E-state index contributed by atoms with van der Waals surface area (Å²) in [6, 6.07) is 0.509. The molecule has 0 aromatic carbocycles. The van der Waals surface area contributed by atoms with Crippen LogP contribution in [0.3, 0.4) is 0 Å². The largest absolute Gasteiger partial charge is 0.355 e. The van der Waals surface area contributed by atoms with Gasteiger partial charge in [-0.25, -0.2) is 0 Å². The van der Waals surface area contributed by atoms with Gasteiger partial charge in [-0.05, 0) is 31.7 Å². The normalized spacial score (nSPS) is 20.2. The van der Waals surface area contributed by atoms with Crippen LogP contribution in [0.2, 0.25) is 0 Å². The van der Waals surface area contributed by atoms with Crippen molar-refractivity contribution in [2.45, 2.75) is 64.8 Å². The highest BCUT2D eigenvalue weighted by molar-refractivity contribution is 5.85. The highest BCUT2D eigenvalue weighted by atomic mass is 35.5. The number of carbonyl (C=O) groups excluding carboxylic acids is 1. The molecule has 1 amide bonds. The molecule has 3 nitrogen and oxygen atoms in total. The Kier molecular flexibility index (Phi) is 10.5. The standard InChI is InChI=1S/C14H28N2O.ClH/c1-3-5-7-12(4-2)10-14(17)16-11-13-8-6-9-15-13;/h12-13,15H,3-11H2,1-2H3,(H,16,17);1H. The fraction of sp³-hybridized carbons (Fsp3) is 0.929. The maximum atomic E-state index is 11.8. The van der Waals surface area contributed by atoms with E-state index in [1.807, 2.05) is 0 Å². The average Bonchev–Trinajstić information content (AvgIpc) is 2.85. The molecule has 2 unspecified atom stereocenters. The van der Waals surface area contributed by atoms with E-state index in [0.29, 0.717) is 18.4 Å². The molecular formula is C14H29ClN2O. The van der Waals surface area contributed by atoms with Gasteiger partial charge < -0.3 is 10.6 Å². The van der Waals surface area contributed by atoms with Gasteiger partial charge >= 0.3 is 0 Å². The first kappa shape index (κ1) is 17.7. The zero-order valence-corrected chi connectivity index (χ0v) is 12.7. The molecule has 1 fully saturated rings. The Bertz CT molecular complexity index is 218. The van der Waals surface area contributed by atoms with Crippen LogP contribution in [0.1, 0.15) is 58.8 Å². The van der Waals surface area contributed by atoms with Crippen LogP contribution in [0.4, 0.5) is 0 Å². The molecule has 1 aliphatic rings. The number of halogens is 1. The number of amides is 1. The summed E-state index contributed by atoms with van der Waals surface area (Å²) in [5.74, 6) is 0.813. The minimum Gasteiger partial charge on any atom is -0.355 e. The minimum absolute atomic E-state index is 0.